The van der Waals surface area contributed by atoms with Gasteiger partial charge in [0.25, 0.3) is 5.69 Å². The highest BCUT2D eigenvalue weighted by Crippen LogP contribution is 2.36. The highest BCUT2D eigenvalue weighted by molar-refractivity contribution is 7.99. The van der Waals surface area contributed by atoms with Crippen molar-refractivity contribution in [1.82, 2.24) is 4.98 Å². The smallest absolute Gasteiger partial charge is 0.339 e. The highest BCUT2D eigenvalue weighted by atomic mass is 32.2. The van der Waals surface area contributed by atoms with Crippen molar-refractivity contribution in [3.63, 3.8) is 0 Å². The summed E-state index contributed by atoms with van der Waals surface area (Å²) in [7, 11) is 2.43. The molecular formula is C15H12N2O6S. The molecule has 2 rings (SSSR count). The second kappa shape index (κ2) is 7.55. The number of rotatable bonds is 5. The van der Waals surface area contributed by atoms with E-state index < -0.39 is 16.9 Å². The number of methoxy groups -OCH3 is 2. The van der Waals surface area contributed by atoms with Crippen LogP contribution in [0.25, 0.3) is 0 Å². The number of aromatic nitrogens is 1. The van der Waals surface area contributed by atoms with E-state index >= 15 is 0 Å². The molecule has 1 aromatic carbocycles. The predicted molar refractivity (Wildman–Crippen MR) is 84.1 cm³/mol. The van der Waals surface area contributed by atoms with Gasteiger partial charge in [0, 0.05) is 23.4 Å². The van der Waals surface area contributed by atoms with Gasteiger partial charge in [-0.05, 0) is 18.2 Å². The Morgan fingerprint density at radius 1 is 1.12 bits per heavy atom. The lowest BCUT2D eigenvalue weighted by Gasteiger charge is -2.08. The molecule has 1 heterocycles. The van der Waals surface area contributed by atoms with Crippen molar-refractivity contribution >= 4 is 29.4 Å². The summed E-state index contributed by atoms with van der Waals surface area (Å²) in [5, 5.41) is 11.3. The van der Waals surface area contributed by atoms with Gasteiger partial charge < -0.3 is 9.47 Å². The Kier molecular flexibility index (Phi) is 5.48. The van der Waals surface area contributed by atoms with Crippen LogP contribution < -0.4 is 0 Å². The first kappa shape index (κ1) is 17.4. The van der Waals surface area contributed by atoms with Gasteiger partial charge in [0.15, 0.2) is 0 Å². The van der Waals surface area contributed by atoms with Gasteiger partial charge in [0.1, 0.15) is 0 Å². The maximum atomic E-state index is 11.8. The zero-order valence-electron chi connectivity index (χ0n) is 12.7. The van der Waals surface area contributed by atoms with E-state index in [-0.39, 0.29) is 21.7 Å². The summed E-state index contributed by atoms with van der Waals surface area (Å²) in [5.74, 6) is -1.25. The summed E-state index contributed by atoms with van der Waals surface area (Å²) in [6.07, 6.45) is 2.83. The average Bonchev–Trinajstić information content (AvgIpc) is 2.61. The van der Waals surface area contributed by atoms with Crippen LogP contribution in [0.15, 0.2) is 46.5 Å². The Bertz CT molecular complexity index is 808. The minimum atomic E-state index is -0.675. The Morgan fingerprint density at radius 2 is 1.83 bits per heavy atom. The van der Waals surface area contributed by atoms with Gasteiger partial charge in [0.2, 0.25) is 0 Å². The number of carbonyl (C=O) groups is 2. The third-order valence-corrected chi connectivity index (χ3v) is 4.10. The van der Waals surface area contributed by atoms with Gasteiger partial charge in [-0.15, -0.1) is 0 Å². The molecule has 9 heteroatoms. The van der Waals surface area contributed by atoms with E-state index in [0.717, 1.165) is 17.8 Å². The van der Waals surface area contributed by atoms with Crippen molar-refractivity contribution in [1.29, 1.82) is 0 Å². The fourth-order valence-corrected chi connectivity index (χ4v) is 2.84. The zero-order valence-corrected chi connectivity index (χ0v) is 13.5. The van der Waals surface area contributed by atoms with E-state index in [0.29, 0.717) is 4.90 Å². The van der Waals surface area contributed by atoms with Crippen molar-refractivity contribution in [3.05, 3.63) is 57.9 Å². The molecule has 2 aromatic rings. The molecule has 0 aliphatic heterocycles. The van der Waals surface area contributed by atoms with E-state index in [1.165, 1.54) is 44.8 Å². The molecule has 0 unspecified atom stereocenters. The fourth-order valence-electron chi connectivity index (χ4n) is 1.85. The first-order valence-corrected chi connectivity index (χ1v) is 7.36. The van der Waals surface area contributed by atoms with Gasteiger partial charge in [0.05, 0.1) is 35.2 Å². The molecule has 1 aromatic heterocycles. The Labute approximate surface area is 140 Å². The van der Waals surface area contributed by atoms with Crippen LogP contribution in [0.3, 0.4) is 0 Å². The molecule has 0 atom stereocenters. The topological polar surface area (TPSA) is 109 Å². The third-order valence-electron chi connectivity index (χ3n) is 2.99. The molecular weight excluding hydrogens is 336 g/mol. The van der Waals surface area contributed by atoms with Gasteiger partial charge >= 0.3 is 11.9 Å². The number of nitro groups is 1. The molecule has 8 nitrogen and oxygen atoms in total. The second-order valence-electron chi connectivity index (χ2n) is 4.40. The summed E-state index contributed by atoms with van der Waals surface area (Å²) >= 11 is 0.984. The largest absolute Gasteiger partial charge is 0.465 e. The number of benzene rings is 1. The van der Waals surface area contributed by atoms with Crippen LogP contribution in [0.5, 0.6) is 0 Å². The number of carbonyl (C=O) groups excluding carboxylic acids is 2. The number of hydrogen-bond donors (Lipinski definition) is 0. The number of hydrogen-bond acceptors (Lipinski definition) is 8. The van der Waals surface area contributed by atoms with Gasteiger partial charge in [-0.1, -0.05) is 11.8 Å². The van der Waals surface area contributed by atoms with Crippen molar-refractivity contribution in [3.8, 4) is 0 Å². The van der Waals surface area contributed by atoms with E-state index in [2.05, 4.69) is 14.5 Å². The average molecular weight is 348 g/mol. The van der Waals surface area contributed by atoms with E-state index in [9.17, 15) is 19.7 Å². The molecule has 0 radical (unpaired) electrons. The molecule has 124 valence electrons. The molecule has 0 aliphatic carbocycles. The van der Waals surface area contributed by atoms with Gasteiger partial charge in [-0.2, -0.15) is 0 Å². The van der Waals surface area contributed by atoms with Crippen LogP contribution in [-0.4, -0.2) is 36.1 Å². The van der Waals surface area contributed by atoms with Crippen molar-refractivity contribution < 1.29 is 24.0 Å². The molecule has 24 heavy (non-hydrogen) atoms. The molecule has 0 saturated carbocycles. The lowest BCUT2D eigenvalue weighted by atomic mass is 10.2. The summed E-state index contributed by atoms with van der Waals surface area (Å²) in [6, 6.07) is 5.42. The molecule has 0 bridgehead atoms. The van der Waals surface area contributed by atoms with E-state index in [1.807, 2.05) is 0 Å². The lowest BCUT2D eigenvalue weighted by molar-refractivity contribution is -0.387. The van der Waals surface area contributed by atoms with Gasteiger partial charge in [-0.3, -0.25) is 15.1 Å². The number of esters is 2. The quantitative estimate of drug-likeness (QED) is 0.461. The van der Waals surface area contributed by atoms with E-state index in [4.69, 9.17) is 0 Å². The third kappa shape index (κ3) is 3.69. The van der Waals surface area contributed by atoms with Gasteiger partial charge in [-0.25, -0.2) is 9.59 Å². The standard InChI is InChI=1S/C15H12N2O6S/c1-22-14(18)9-3-4-12(11(7-9)17(20)21)24-13-8-16-6-5-10(13)15(19)23-2/h3-8H,1-2H3. The minimum absolute atomic E-state index is 0.0629. The summed E-state index contributed by atoms with van der Waals surface area (Å²) in [5.41, 5.74) is 0.0272. The Morgan fingerprint density at radius 3 is 2.46 bits per heavy atom. The summed E-state index contributed by atoms with van der Waals surface area (Å²) < 4.78 is 9.24. The van der Waals surface area contributed by atoms with Crippen molar-refractivity contribution in [2.24, 2.45) is 0 Å². The van der Waals surface area contributed by atoms with E-state index in [1.54, 1.807) is 0 Å². The Balaban J connectivity index is 2.45. The SMILES string of the molecule is COC(=O)c1ccc(Sc2cnccc2C(=O)OC)c([N+](=O)[O-])c1. The van der Waals surface area contributed by atoms with Crippen molar-refractivity contribution in [2.75, 3.05) is 14.2 Å². The molecule has 0 spiro atoms. The number of nitrogens with zero attached hydrogens (tertiary/aromatic N) is 2. The number of nitro benzene ring substituents is 1. The van der Waals surface area contributed by atoms with Crippen LogP contribution >= 0.6 is 11.8 Å². The maximum absolute atomic E-state index is 11.8. The first-order valence-electron chi connectivity index (χ1n) is 6.55. The monoisotopic (exact) mass is 348 g/mol. The van der Waals surface area contributed by atoms with Crippen LogP contribution in [0.4, 0.5) is 5.69 Å². The molecule has 0 aliphatic rings. The summed E-state index contributed by atoms with van der Waals surface area (Å²) in [4.78, 5) is 38.5. The van der Waals surface area contributed by atoms with Crippen molar-refractivity contribution in [2.45, 2.75) is 9.79 Å². The lowest BCUT2D eigenvalue weighted by Crippen LogP contribution is -2.04. The first-order chi connectivity index (χ1) is 11.5. The van der Waals surface area contributed by atoms with Crippen LogP contribution in [0, 0.1) is 10.1 Å². The number of ether oxygens (including phenoxy) is 2. The minimum Gasteiger partial charge on any atom is -0.465 e. The maximum Gasteiger partial charge on any atom is 0.339 e. The fraction of sp³-hybridized carbons (Fsp3) is 0.133. The molecule has 0 fully saturated rings. The highest BCUT2D eigenvalue weighted by Gasteiger charge is 2.21. The second-order valence-corrected chi connectivity index (χ2v) is 5.48. The van der Waals surface area contributed by atoms with Crippen LogP contribution in [0.1, 0.15) is 20.7 Å². The van der Waals surface area contributed by atoms with Crippen LogP contribution in [-0.2, 0) is 9.47 Å². The zero-order chi connectivity index (χ0) is 17.7. The predicted octanol–water partition coefficient (Wildman–Crippen LogP) is 2.71. The van der Waals surface area contributed by atoms with Crippen LogP contribution in [0.2, 0.25) is 0 Å². The summed E-state index contributed by atoms with van der Waals surface area (Å²) in [6.45, 7) is 0. The molecule has 0 saturated heterocycles. The normalized spacial score (nSPS) is 10.1. The molecule has 0 N–H and O–H groups in total. The Hall–Kier alpha value is -2.94. The molecule has 0 amide bonds. The number of pyridine rings is 1.